The molecule has 1 amide bonds. The quantitative estimate of drug-likeness (QED) is 0.800. The van der Waals surface area contributed by atoms with E-state index < -0.39 is 0 Å². The zero-order chi connectivity index (χ0) is 14.1. The van der Waals surface area contributed by atoms with Gasteiger partial charge in [0, 0.05) is 4.88 Å². The molecule has 3 aromatic heterocycles. The van der Waals surface area contributed by atoms with Crippen molar-refractivity contribution in [3.63, 3.8) is 0 Å². The smallest absolute Gasteiger partial charge is 0.280 e. The molecule has 0 aliphatic carbocycles. The Morgan fingerprint density at radius 2 is 2.25 bits per heavy atom. The van der Waals surface area contributed by atoms with Crippen LogP contribution >= 0.6 is 22.7 Å². The predicted molar refractivity (Wildman–Crippen MR) is 79.4 cm³/mol. The number of oxazole rings is 1. The van der Waals surface area contributed by atoms with Crippen LogP contribution in [0, 0.1) is 13.8 Å². The van der Waals surface area contributed by atoms with Gasteiger partial charge in [0.25, 0.3) is 5.91 Å². The molecule has 3 aromatic rings. The number of thiazole rings is 1. The fourth-order valence-corrected chi connectivity index (χ4v) is 3.20. The predicted octanol–water partition coefficient (Wildman–Crippen LogP) is 3.73. The molecule has 0 spiro atoms. The minimum absolute atomic E-state index is 0.276. The first-order valence-electron chi connectivity index (χ1n) is 5.88. The van der Waals surface area contributed by atoms with Crippen molar-refractivity contribution < 1.29 is 9.21 Å². The van der Waals surface area contributed by atoms with E-state index in [2.05, 4.69) is 15.3 Å². The molecule has 0 aromatic carbocycles. The van der Waals surface area contributed by atoms with E-state index in [4.69, 9.17) is 4.42 Å². The van der Waals surface area contributed by atoms with Crippen molar-refractivity contribution in [2.45, 2.75) is 13.8 Å². The normalized spacial score (nSPS) is 10.7. The molecule has 20 heavy (non-hydrogen) atoms. The van der Waals surface area contributed by atoms with Gasteiger partial charge in [-0.3, -0.25) is 10.1 Å². The molecule has 102 valence electrons. The summed E-state index contributed by atoms with van der Waals surface area (Å²) in [6.07, 6.45) is 1.28. The fourth-order valence-electron chi connectivity index (χ4n) is 1.67. The Labute approximate surface area is 123 Å². The number of carbonyl (C=O) groups excluding carboxylic acids is 1. The summed E-state index contributed by atoms with van der Waals surface area (Å²) in [6, 6.07) is 3.79. The standard InChI is InChI=1S/C13H11N3O2S2/c1-7-8(2)20-13(15-7)16-12(17)10-11(18-6-14-10)9-4-3-5-19-9/h3-6H,1-2H3,(H,15,16,17). The van der Waals surface area contributed by atoms with Gasteiger partial charge in [-0.2, -0.15) is 0 Å². The number of hydrogen-bond acceptors (Lipinski definition) is 6. The molecule has 3 rings (SSSR count). The maximum atomic E-state index is 12.2. The summed E-state index contributed by atoms with van der Waals surface area (Å²) in [5.41, 5.74) is 1.20. The van der Waals surface area contributed by atoms with E-state index in [1.165, 1.54) is 29.1 Å². The Morgan fingerprint density at radius 3 is 2.90 bits per heavy atom. The summed E-state index contributed by atoms with van der Waals surface area (Å²) in [5.74, 6) is 0.179. The second-order valence-electron chi connectivity index (χ2n) is 4.12. The van der Waals surface area contributed by atoms with Crippen LogP contribution < -0.4 is 5.32 Å². The molecular weight excluding hydrogens is 294 g/mol. The van der Waals surface area contributed by atoms with Crippen LogP contribution in [-0.2, 0) is 0 Å². The number of thiophene rings is 1. The lowest BCUT2D eigenvalue weighted by molar-refractivity contribution is 0.102. The SMILES string of the molecule is Cc1nc(NC(=O)c2ncoc2-c2cccs2)sc1C. The molecule has 0 atom stereocenters. The van der Waals surface area contributed by atoms with Gasteiger partial charge in [-0.1, -0.05) is 6.07 Å². The van der Waals surface area contributed by atoms with Crippen LogP contribution in [0.2, 0.25) is 0 Å². The summed E-state index contributed by atoms with van der Waals surface area (Å²) in [6.45, 7) is 3.88. The molecule has 0 aliphatic heterocycles. The molecule has 5 nitrogen and oxygen atoms in total. The number of nitrogens with zero attached hydrogens (tertiary/aromatic N) is 2. The van der Waals surface area contributed by atoms with Crippen LogP contribution in [0.3, 0.4) is 0 Å². The van der Waals surface area contributed by atoms with E-state index >= 15 is 0 Å². The minimum Gasteiger partial charge on any atom is -0.442 e. The molecule has 1 N–H and O–H groups in total. The van der Waals surface area contributed by atoms with E-state index in [1.807, 2.05) is 31.4 Å². The highest BCUT2D eigenvalue weighted by atomic mass is 32.1. The van der Waals surface area contributed by atoms with Gasteiger partial charge in [-0.05, 0) is 25.3 Å². The lowest BCUT2D eigenvalue weighted by atomic mass is 10.3. The van der Waals surface area contributed by atoms with E-state index in [-0.39, 0.29) is 11.6 Å². The molecule has 0 unspecified atom stereocenters. The Kier molecular flexibility index (Phi) is 3.37. The van der Waals surface area contributed by atoms with Crippen molar-refractivity contribution in [2.24, 2.45) is 0 Å². The minimum atomic E-state index is -0.309. The summed E-state index contributed by atoms with van der Waals surface area (Å²) in [5, 5.41) is 5.26. The van der Waals surface area contributed by atoms with Crippen molar-refractivity contribution in [3.8, 4) is 10.6 Å². The lowest BCUT2D eigenvalue weighted by Crippen LogP contribution is -2.13. The van der Waals surface area contributed by atoms with Crippen LogP contribution in [0.15, 0.2) is 28.3 Å². The second kappa shape index (κ2) is 5.18. The Hall–Kier alpha value is -1.99. The van der Waals surface area contributed by atoms with Crippen molar-refractivity contribution >= 4 is 33.7 Å². The van der Waals surface area contributed by atoms with E-state index in [0.29, 0.717) is 10.9 Å². The Balaban J connectivity index is 1.86. The first kappa shape index (κ1) is 13.0. The van der Waals surface area contributed by atoms with Crippen LogP contribution in [0.25, 0.3) is 10.6 Å². The number of amides is 1. The van der Waals surface area contributed by atoms with Gasteiger partial charge in [0.15, 0.2) is 23.0 Å². The van der Waals surface area contributed by atoms with Gasteiger partial charge in [0.1, 0.15) is 0 Å². The maximum absolute atomic E-state index is 12.2. The second-order valence-corrected chi connectivity index (χ2v) is 6.27. The van der Waals surface area contributed by atoms with Crippen LogP contribution in [-0.4, -0.2) is 15.9 Å². The Bertz CT molecular complexity index is 724. The van der Waals surface area contributed by atoms with Gasteiger partial charge in [-0.15, -0.1) is 22.7 Å². The topological polar surface area (TPSA) is 68.0 Å². The van der Waals surface area contributed by atoms with Gasteiger partial charge in [0.05, 0.1) is 10.6 Å². The van der Waals surface area contributed by atoms with Crippen molar-refractivity contribution in [3.05, 3.63) is 40.2 Å². The van der Waals surface area contributed by atoms with Crippen molar-refractivity contribution in [1.29, 1.82) is 0 Å². The Morgan fingerprint density at radius 1 is 1.40 bits per heavy atom. The summed E-state index contributed by atoms with van der Waals surface area (Å²) < 4.78 is 5.32. The lowest BCUT2D eigenvalue weighted by Gasteiger charge is -1.99. The molecule has 0 saturated heterocycles. The number of hydrogen-bond donors (Lipinski definition) is 1. The highest BCUT2D eigenvalue weighted by Gasteiger charge is 2.20. The van der Waals surface area contributed by atoms with Gasteiger partial charge < -0.3 is 4.42 Å². The molecule has 0 radical (unpaired) electrons. The highest BCUT2D eigenvalue weighted by molar-refractivity contribution is 7.15. The third kappa shape index (κ3) is 2.37. The number of aryl methyl sites for hydroxylation is 2. The molecule has 7 heteroatoms. The van der Waals surface area contributed by atoms with Gasteiger partial charge in [-0.25, -0.2) is 9.97 Å². The van der Waals surface area contributed by atoms with Crippen LogP contribution in [0.5, 0.6) is 0 Å². The molecule has 0 saturated carbocycles. The zero-order valence-corrected chi connectivity index (χ0v) is 12.5. The number of rotatable bonds is 3. The largest absolute Gasteiger partial charge is 0.442 e. The first-order chi connectivity index (χ1) is 9.65. The van der Waals surface area contributed by atoms with Gasteiger partial charge >= 0.3 is 0 Å². The van der Waals surface area contributed by atoms with Gasteiger partial charge in [0.2, 0.25) is 0 Å². The van der Waals surface area contributed by atoms with E-state index in [0.717, 1.165) is 15.4 Å². The fraction of sp³-hybridized carbons (Fsp3) is 0.154. The third-order valence-electron chi connectivity index (χ3n) is 2.78. The molecular formula is C13H11N3O2S2. The summed E-state index contributed by atoms with van der Waals surface area (Å²) in [4.78, 5) is 22.5. The van der Waals surface area contributed by atoms with Crippen molar-refractivity contribution in [2.75, 3.05) is 5.32 Å². The summed E-state index contributed by atoms with van der Waals surface area (Å²) in [7, 11) is 0. The number of carbonyl (C=O) groups is 1. The average Bonchev–Trinajstić information content (AvgIpc) is 3.11. The summed E-state index contributed by atoms with van der Waals surface area (Å²) >= 11 is 2.94. The maximum Gasteiger partial charge on any atom is 0.280 e. The van der Waals surface area contributed by atoms with Crippen LogP contribution in [0.1, 0.15) is 21.1 Å². The number of nitrogens with one attached hydrogen (secondary N) is 1. The van der Waals surface area contributed by atoms with Crippen molar-refractivity contribution in [1.82, 2.24) is 9.97 Å². The van der Waals surface area contributed by atoms with E-state index in [9.17, 15) is 4.79 Å². The number of aromatic nitrogens is 2. The molecule has 0 bridgehead atoms. The number of anilines is 1. The first-order valence-corrected chi connectivity index (χ1v) is 7.57. The highest BCUT2D eigenvalue weighted by Crippen LogP contribution is 2.28. The van der Waals surface area contributed by atoms with Crippen LogP contribution in [0.4, 0.5) is 5.13 Å². The van der Waals surface area contributed by atoms with E-state index in [1.54, 1.807) is 0 Å². The zero-order valence-electron chi connectivity index (χ0n) is 10.8. The third-order valence-corrected chi connectivity index (χ3v) is 4.63. The monoisotopic (exact) mass is 305 g/mol. The molecule has 0 aliphatic rings. The molecule has 3 heterocycles. The average molecular weight is 305 g/mol. The molecule has 0 fully saturated rings.